The van der Waals surface area contributed by atoms with Gasteiger partial charge in [0.15, 0.2) is 0 Å². The molecule has 2 fully saturated rings. The first kappa shape index (κ1) is 20.4. The minimum absolute atomic E-state index is 0.103. The molecule has 5 rings (SSSR count). The summed E-state index contributed by atoms with van der Waals surface area (Å²) in [5, 5.41) is 0.843. The molecule has 31 heavy (non-hydrogen) atoms. The minimum Gasteiger partial charge on any atom is -0.383 e. The normalized spacial score (nSPS) is 21.7. The Morgan fingerprint density at radius 3 is 2.71 bits per heavy atom. The molecule has 0 bridgehead atoms. The molecule has 0 atom stereocenters. The first-order valence-electron chi connectivity index (χ1n) is 10.8. The molecule has 1 aliphatic heterocycles. The van der Waals surface area contributed by atoms with Gasteiger partial charge in [0.2, 0.25) is 0 Å². The van der Waals surface area contributed by atoms with Crippen molar-refractivity contribution in [2.24, 2.45) is 5.92 Å². The maximum atomic E-state index is 11.6. The smallest absolute Gasteiger partial charge is 0.147 e. The van der Waals surface area contributed by atoms with Gasteiger partial charge in [-0.15, -0.1) is 0 Å². The maximum Gasteiger partial charge on any atom is 0.147 e. The summed E-state index contributed by atoms with van der Waals surface area (Å²) in [6.07, 6.45) is 12.5. The molecule has 3 aromatic rings. The maximum absolute atomic E-state index is 11.6. The van der Waals surface area contributed by atoms with Gasteiger partial charge in [-0.25, -0.2) is 18.4 Å². The highest BCUT2D eigenvalue weighted by molar-refractivity contribution is 7.90. The van der Waals surface area contributed by atoms with Crippen molar-refractivity contribution in [1.82, 2.24) is 24.4 Å². The number of nitrogens with two attached hydrogens (primary N) is 1. The molecular formula is C22H28N6O2S. The van der Waals surface area contributed by atoms with Gasteiger partial charge in [0.25, 0.3) is 0 Å². The fraction of sp³-hybridized carbons (Fsp3) is 0.500. The van der Waals surface area contributed by atoms with Crippen LogP contribution in [0.1, 0.15) is 30.9 Å². The Balaban J connectivity index is 1.44. The van der Waals surface area contributed by atoms with Crippen LogP contribution in [0.15, 0.2) is 31.0 Å². The Bertz CT molecular complexity index is 1210. The highest BCUT2D eigenvalue weighted by atomic mass is 32.2. The van der Waals surface area contributed by atoms with Crippen LogP contribution < -0.4 is 5.73 Å². The number of sulfone groups is 1. The Morgan fingerprint density at radius 2 is 2.00 bits per heavy atom. The molecule has 2 N–H and O–H groups in total. The van der Waals surface area contributed by atoms with Crippen molar-refractivity contribution in [3.63, 3.8) is 0 Å². The van der Waals surface area contributed by atoms with E-state index in [9.17, 15) is 8.42 Å². The second-order valence-corrected chi connectivity index (χ2v) is 11.3. The van der Waals surface area contributed by atoms with Crippen LogP contribution >= 0.6 is 0 Å². The quantitative estimate of drug-likeness (QED) is 0.601. The molecule has 0 radical (unpaired) electrons. The summed E-state index contributed by atoms with van der Waals surface area (Å²) in [5.41, 5.74) is 9.88. The molecule has 1 saturated heterocycles. The van der Waals surface area contributed by atoms with Crippen LogP contribution in [0.2, 0.25) is 0 Å². The van der Waals surface area contributed by atoms with Gasteiger partial charge in [-0.1, -0.05) is 0 Å². The summed E-state index contributed by atoms with van der Waals surface area (Å²) in [6, 6.07) is 2.41. The average molecular weight is 441 g/mol. The van der Waals surface area contributed by atoms with Gasteiger partial charge in [0.05, 0.1) is 11.1 Å². The first-order valence-corrected chi connectivity index (χ1v) is 12.9. The van der Waals surface area contributed by atoms with E-state index >= 15 is 0 Å². The van der Waals surface area contributed by atoms with E-state index in [2.05, 4.69) is 30.6 Å². The zero-order valence-corrected chi connectivity index (χ0v) is 18.6. The average Bonchev–Trinajstić information content (AvgIpc) is 3.04. The fourth-order valence-electron chi connectivity index (χ4n) is 4.69. The molecule has 8 nitrogen and oxygen atoms in total. The summed E-state index contributed by atoms with van der Waals surface area (Å²) in [7, 11) is -3.03. The van der Waals surface area contributed by atoms with Gasteiger partial charge >= 0.3 is 0 Å². The van der Waals surface area contributed by atoms with E-state index in [0.717, 1.165) is 46.5 Å². The molecule has 2 aliphatic rings. The molecule has 0 unspecified atom stereocenters. The predicted octanol–water partition coefficient (Wildman–Crippen LogP) is 2.32. The van der Waals surface area contributed by atoms with Crippen molar-refractivity contribution >= 4 is 26.7 Å². The molecular weight excluding hydrogens is 412 g/mol. The summed E-state index contributed by atoms with van der Waals surface area (Å²) in [4.78, 5) is 15.7. The summed E-state index contributed by atoms with van der Waals surface area (Å²) < 4.78 is 25.4. The van der Waals surface area contributed by atoms with Gasteiger partial charge in [0, 0.05) is 48.6 Å². The van der Waals surface area contributed by atoms with E-state index < -0.39 is 9.84 Å². The van der Waals surface area contributed by atoms with Crippen LogP contribution in [0.3, 0.4) is 0 Å². The van der Waals surface area contributed by atoms with Crippen molar-refractivity contribution < 1.29 is 8.42 Å². The third-order valence-corrected chi connectivity index (χ3v) is 7.52. The van der Waals surface area contributed by atoms with Crippen molar-refractivity contribution in [3.8, 4) is 11.1 Å². The molecule has 1 aliphatic carbocycles. The molecule has 0 spiro atoms. The van der Waals surface area contributed by atoms with Gasteiger partial charge in [0.1, 0.15) is 27.6 Å². The van der Waals surface area contributed by atoms with Gasteiger partial charge in [-0.05, 0) is 56.3 Å². The van der Waals surface area contributed by atoms with Crippen LogP contribution in [0.4, 0.5) is 5.82 Å². The second-order valence-electron chi connectivity index (χ2n) is 9.01. The molecule has 1 saturated carbocycles. The van der Waals surface area contributed by atoms with Gasteiger partial charge in [-0.2, -0.15) is 0 Å². The van der Waals surface area contributed by atoms with Crippen LogP contribution in [-0.4, -0.2) is 64.5 Å². The minimum atomic E-state index is -3.03. The fourth-order valence-corrected chi connectivity index (χ4v) is 5.29. The lowest BCUT2D eigenvalue weighted by Gasteiger charge is -2.42. The summed E-state index contributed by atoms with van der Waals surface area (Å²) >= 11 is 0. The Labute approximate surface area is 182 Å². The van der Waals surface area contributed by atoms with Crippen molar-refractivity contribution in [2.45, 2.75) is 31.7 Å². The Hall–Kier alpha value is -2.52. The number of anilines is 1. The molecule has 0 amide bonds. The number of likely N-dealkylation sites (tertiary alicyclic amines) is 1. The summed E-state index contributed by atoms with van der Waals surface area (Å²) in [5.74, 6) is 1.30. The number of nitrogens with zero attached hydrogens (tertiary/aromatic N) is 5. The molecule has 4 heterocycles. The van der Waals surface area contributed by atoms with E-state index in [1.807, 2.05) is 6.07 Å². The highest BCUT2D eigenvalue weighted by Crippen LogP contribution is 2.43. The van der Waals surface area contributed by atoms with Gasteiger partial charge < -0.3 is 15.2 Å². The molecule has 3 aromatic heterocycles. The lowest BCUT2D eigenvalue weighted by Crippen LogP contribution is -2.43. The molecule has 9 heteroatoms. The van der Waals surface area contributed by atoms with Crippen LogP contribution in [-0.2, 0) is 16.3 Å². The van der Waals surface area contributed by atoms with E-state index in [1.165, 1.54) is 38.6 Å². The number of fused-ring (bicyclic) bond motifs is 1. The zero-order valence-electron chi connectivity index (χ0n) is 17.7. The largest absolute Gasteiger partial charge is 0.383 e. The number of aromatic nitrogens is 4. The van der Waals surface area contributed by atoms with Gasteiger partial charge in [-0.3, -0.25) is 4.98 Å². The highest BCUT2D eigenvalue weighted by Gasteiger charge is 2.34. The molecule has 0 aromatic carbocycles. The zero-order chi connectivity index (χ0) is 21.6. The van der Waals surface area contributed by atoms with Crippen molar-refractivity contribution in [3.05, 3.63) is 36.5 Å². The number of hydrogen-bond acceptors (Lipinski definition) is 7. The number of nitrogen functional groups attached to an aromatic ring is 1. The monoisotopic (exact) mass is 440 g/mol. The van der Waals surface area contributed by atoms with E-state index in [1.54, 1.807) is 12.4 Å². The van der Waals surface area contributed by atoms with Crippen LogP contribution in [0, 0.1) is 5.92 Å². The summed E-state index contributed by atoms with van der Waals surface area (Å²) in [6.45, 7) is 3.68. The third kappa shape index (κ3) is 4.16. The number of pyridine rings is 1. The SMILES string of the molecule is CS(=O)(=O)CCc1cncc(-c2cn(C3CC(CN4CCC4)C3)c3ncnc(N)c23)c1. The van der Waals surface area contributed by atoms with Crippen molar-refractivity contribution in [1.29, 1.82) is 0 Å². The topological polar surface area (TPSA) is 107 Å². The number of hydrogen-bond donors (Lipinski definition) is 1. The van der Waals surface area contributed by atoms with E-state index in [0.29, 0.717) is 18.3 Å². The Morgan fingerprint density at radius 1 is 1.19 bits per heavy atom. The lowest BCUT2D eigenvalue weighted by atomic mass is 9.79. The molecule has 164 valence electrons. The van der Waals surface area contributed by atoms with Crippen LogP contribution in [0.5, 0.6) is 0 Å². The lowest BCUT2D eigenvalue weighted by molar-refractivity contribution is 0.0921. The van der Waals surface area contributed by atoms with E-state index in [4.69, 9.17) is 5.73 Å². The predicted molar refractivity (Wildman–Crippen MR) is 121 cm³/mol. The Kier molecular flexibility index (Phi) is 5.18. The van der Waals surface area contributed by atoms with E-state index in [-0.39, 0.29) is 5.75 Å². The standard InChI is InChI=1S/C22H28N6O2S/c1-31(29,30)6-3-15-7-17(11-24-10-15)19-13-28(22-20(19)21(23)25-14-26-22)18-8-16(9-18)12-27-4-2-5-27/h7,10-11,13-14,16,18H,2-6,8-9,12H2,1H3,(H2,23,25,26). The number of aryl methyl sites for hydroxylation is 1. The first-order chi connectivity index (χ1) is 14.9. The third-order valence-electron chi connectivity index (χ3n) is 6.58. The van der Waals surface area contributed by atoms with Crippen molar-refractivity contribution in [2.75, 3.05) is 37.4 Å². The van der Waals surface area contributed by atoms with Crippen LogP contribution in [0.25, 0.3) is 22.2 Å². The number of rotatable bonds is 7. The second kappa shape index (κ2) is 7.87.